The molecule has 0 radical (unpaired) electrons. The Morgan fingerprint density at radius 3 is 2.81 bits per heavy atom. The van der Waals surface area contributed by atoms with Gasteiger partial charge in [-0.15, -0.1) is 0 Å². The fourth-order valence-corrected chi connectivity index (χ4v) is 3.95. The molecule has 2 aromatic rings. The number of nitrogens with zero attached hydrogens (tertiary/aromatic N) is 4. The zero-order chi connectivity index (χ0) is 19.0. The molecule has 1 fully saturated rings. The van der Waals surface area contributed by atoms with E-state index in [0.717, 1.165) is 42.2 Å². The summed E-state index contributed by atoms with van der Waals surface area (Å²) in [6, 6.07) is 7.93. The Bertz CT molecular complexity index is 838. The Hall–Kier alpha value is -2.25. The number of carbonyl (C=O) groups is 1. The number of hydrogen-bond donors (Lipinski definition) is 2. The maximum Gasteiger partial charge on any atom is 0.242 e. The molecule has 0 aliphatic carbocycles. The van der Waals surface area contributed by atoms with Gasteiger partial charge in [0.15, 0.2) is 0 Å². The first-order chi connectivity index (χ1) is 13.0. The summed E-state index contributed by atoms with van der Waals surface area (Å²) in [7, 11) is 2.13. The van der Waals surface area contributed by atoms with E-state index in [-0.39, 0.29) is 23.9 Å². The van der Waals surface area contributed by atoms with Gasteiger partial charge in [0, 0.05) is 37.6 Å². The summed E-state index contributed by atoms with van der Waals surface area (Å²) in [6.45, 7) is 8.34. The number of fused-ring (bicyclic) bond motifs is 5. The van der Waals surface area contributed by atoms with Crippen molar-refractivity contribution in [2.24, 2.45) is 5.92 Å². The number of aromatic nitrogens is 2. The summed E-state index contributed by atoms with van der Waals surface area (Å²) >= 11 is 0. The number of rotatable bonds is 1. The summed E-state index contributed by atoms with van der Waals surface area (Å²) in [5.41, 5.74) is 0.915. The van der Waals surface area contributed by atoms with E-state index in [1.54, 1.807) is 0 Å². The number of para-hydroxylation sites is 1. The van der Waals surface area contributed by atoms with Crippen molar-refractivity contribution in [3.05, 3.63) is 30.1 Å². The molecule has 0 spiro atoms. The van der Waals surface area contributed by atoms with Gasteiger partial charge in [0.05, 0.1) is 12.1 Å². The summed E-state index contributed by atoms with van der Waals surface area (Å²) in [5, 5.41) is 7.53. The molecule has 1 unspecified atom stereocenters. The van der Waals surface area contributed by atoms with Crippen LogP contribution in [0.25, 0.3) is 10.9 Å². The first-order valence-electron chi connectivity index (χ1n) is 9.74. The molecule has 27 heavy (non-hydrogen) atoms. The molecule has 2 bridgehead atoms. The standard InChI is InChI=1S/C20H28N6O/c1-13(2)18-20(27)21-10-14-11-25(3)8-9-26(14)12-17-22-16-7-5-4-6-15(16)19(23-17)24-18/h4-7,13-14,18H,8-12H2,1-3H3,(H,21,27)(H,22,23,24)/t14?,18-/m0/s1. The van der Waals surface area contributed by atoms with Crippen molar-refractivity contribution in [2.45, 2.75) is 32.5 Å². The number of likely N-dealkylation sites (N-methyl/N-ethyl adjacent to an activating group) is 1. The third-order valence-electron chi connectivity index (χ3n) is 5.56. The normalized spacial score (nSPS) is 24.8. The quantitative estimate of drug-likeness (QED) is 0.791. The lowest BCUT2D eigenvalue weighted by atomic mass is 10.0. The first-order valence-corrected chi connectivity index (χ1v) is 9.74. The van der Waals surface area contributed by atoms with Crippen LogP contribution in [0.1, 0.15) is 19.7 Å². The van der Waals surface area contributed by atoms with E-state index in [9.17, 15) is 4.79 Å². The average molecular weight is 368 g/mol. The monoisotopic (exact) mass is 368 g/mol. The molecular weight excluding hydrogens is 340 g/mol. The zero-order valence-corrected chi connectivity index (χ0v) is 16.3. The van der Waals surface area contributed by atoms with Crippen molar-refractivity contribution in [2.75, 3.05) is 38.5 Å². The molecule has 1 saturated heterocycles. The van der Waals surface area contributed by atoms with Crippen molar-refractivity contribution in [3.63, 3.8) is 0 Å². The second-order valence-electron chi connectivity index (χ2n) is 8.00. The largest absolute Gasteiger partial charge is 0.358 e. The van der Waals surface area contributed by atoms with Gasteiger partial charge in [-0.05, 0) is 25.1 Å². The van der Waals surface area contributed by atoms with Gasteiger partial charge < -0.3 is 15.5 Å². The van der Waals surface area contributed by atoms with Crippen LogP contribution in [0.15, 0.2) is 24.3 Å². The smallest absolute Gasteiger partial charge is 0.242 e. The molecule has 144 valence electrons. The van der Waals surface area contributed by atoms with Crippen LogP contribution in [-0.4, -0.2) is 71.0 Å². The highest BCUT2D eigenvalue weighted by molar-refractivity contribution is 5.92. The number of nitrogens with one attached hydrogen (secondary N) is 2. The molecule has 4 rings (SSSR count). The third kappa shape index (κ3) is 3.75. The molecule has 0 saturated carbocycles. The highest BCUT2D eigenvalue weighted by Crippen LogP contribution is 2.24. The molecule has 3 heterocycles. The molecule has 2 N–H and O–H groups in total. The van der Waals surface area contributed by atoms with Crippen molar-refractivity contribution in [1.82, 2.24) is 25.1 Å². The van der Waals surface area contributed by atoms with E-state index in [0.29, 0.717) is 13.1 Å². The Labute approximate surface area is 160 Å². The van der Waals surface area contributed by atoms with Crippen LogP contribution in [-0.2, 0) is 11.3 Å². The summed E-state index contributed by atoms with van der Waals surface area (Å²) in [4.78, 5) is 27.3. The van der Waals surface area contributed by atoms with Crippen molar-refractivity contribution in [3.8, 4) is 0 Å². The van der Waals surface area contributed by atoms with E-state index in [1.165, 1.54) is 0 Å². The Morgan fingerprint density at radius 1 is 1.19 bits per heavy atom. The van der Waals surface area contributed by atoms with E-state index in [2.05, 4.69) is 41.3 Å². The van der Waals surface area contributed by atoms with Gasteiger partial charge in [0.2, 0.25) is 5.91 Å². The van der Waals surface area contributed by atoms with Gasteiger partial charge in [-0.3, -0.25) is 9.69 Å². The van der Waals surface area contributed by atoms with Gasteiger partial charge >= 0.3 is 0 Å². The summed E-state index contributed by atoms with van der Waals surface area (Å²) < 4.78 is 0. The highest BCUT2D eigenvalue weighted by atomic mass is 16.2. The lowest BCUT2D eigenvalue weighted by Crippen LogP contribution is -2.56. The van der Waals surface area contributed by atoms with E-state index >= 15 is 0 Å². The SMILES string of the molecule is CC(C)[C@@H]1Nc2nc(nc3ccccc23)CN2CCN(C)CC2CNC1=O. The van der Waals surface area contributed by atoms with Crippen molar-refractivity contribution in [1.29, 1.82) is 0 Å². The predicted octanol–water partition coefficient (Wildman–Crippen LogP) is 1.31. The molecular formula is C20H28N6O. The summed E-state index contributed by atoms with van der Waals surface area (Å²) in [5.74, 6) is 1.73. The summed E-state index contributed by atoms with van der Waals surface area (Å²) in [6.07, 6.45) is 0. The molecule has 1 aromatic heterocycles. The van der Waals surface area contributed by atoms with Crippen molar-refractivity contribution < 1.29 is 4.79 Å². The molecule has 2 aliphatic rings. The van der Waals surface area contributed by atoms with Crippen LogP contribution in [0.3, 0.4) is 0 Å². The zero-order valence-electron chi connectivity index (χ0n) is 16.3. The molecule has 2 aliphatic heterocycles. The first kappa shape index (κ1) is 18.1. The molecule has 1 amide bonds. The Morgan fingerprint density at radius 2 is 2.00 bits per heavy atom. The van der Waals surface area contributed by atoms with Gasteiger partial charge in [-0.25, -0.2) is 9.97 Å². The number of amides is 1. The second-order valence-corrected chi connectivity index (χ2v) is 8.00. The molecule has 1 aromatic carbocycles. The minimum atomic E-state index is -0.330. The molecule has 7 nitrogen and oxygen atoms in total. The minimum absolute atomic E-state index is 0.0318. The highest BCUT2D eigenvalue weighted by Gasteiger charge is 2.30. The topological polar surface area (TPSA) is 73.4 Å². The number of hydrogen-bond acceptors (Lipinski definition) is 6. The van der Waals surface area contributed by atoms with Gasteiger partial charge in [-0.1, -0.05) is 26.0 Å². The van der Waals surface area contributed by atoms with E-state index < -0.39 is 0 Å². The van der Waals surface area contributed by atoms with E-state index in [1.807, 2.05) is 24.3 Å². The number of benzene rings is 1. The van der Waals surface area contributed by atoms with Crippen LogP contribution in [0.5, 0.6) is 0 Å². The van der Waals surface area contributed by atoms with Gasteiger partial charge in [0.1, 0.15) is 17.7 Å². The molecule has 7 heteroatoms. The van der Waals surface area contributed by atoms with Crippen LogP contribution >= 0.6 is 0 Å². The Kier molecular flexibility index (Phi) is 4.97. The lowest BCUT2D eigenvalue weighted by Gasteiger charge is -2.39. The predicted molar refractivity (Wildman–Crippen MR) is 106 cm³/mol. The maximum absolute atomic E-state index is 12.9. The van der Waals surface area contributed by atoms with Crippen LogP contribution < -0.4 is 10.6 Å². The van der Waals surface area contributed by atoms with Crippen molar-refractivity contribution >= 4 is 22.6 Å². The number of carbonyl (C=O) groups excluding carboxylic acids is 1. The fraction of sp³-hybridized carbons (Fsp3) is 0.550. The van der Waals surface area contributed by atoms with Gasteiger partial charge in [-0.2, -0.15) is 0 Å². The second kappa shape index (κ2) is 7.40. The Balaban J connectivity index is 1.78. The van der Waals surface area contributed by atoms with Gasteiger partial charge in [0.25, 0.3) is 0 Å². The third-order valence-corrected chi connectivity index (χ3v) is 5.56. The lowest BCUT2D eigenvalue weighted by molar-refractivity contribution is -0.123. The maximum atomic E-state index is 12.9. The van der Waals surface area contributed by atoms with Crippen LogP contribution in [0.4, 0.5) is 5.82 Å². The van der Waals surface area contributed by atoms with Crippen LogP contribution in [0.2, 0.25) is 0 Å². The number of anilines is 1. The minimum Gasteiger partial charge on any atom is -0.358 e. The van der Waals surface area contributed by atoms with E-state index in [4.69, 9.17) is 9.97 Å². The average Bonchev–Trinajstić information content (AvgIpc) is 2.66. The van der Waals surface area contributed by atoms with Crippen LogP contribution in [0, 0.1) is 5.92 Å². The number of piperazine rings is 1. The molecule has 2 atom stereocenters. The fourth-order valence-electron chi connectivity index (χ4n) is 3.95.